The van der Waals surface area contributed by atoms with E-state index in [4.69, 9.17) is 16.7 Å². The zero-order valence-corrected chi connectivity index (χ0v) is 10.6. The first-order valence-corrected chi connectivity index (χ1v) is 6.41. The lowest BCUT2D eigenvalue weighted by Crippen LogP contribution is -2.37. The predicted molar refractivity (Wildman–Crippen MR) is 65.8 cm³/mol. The Morgan fingerprint density at radius 1 is 1.39 bits per heavy atom. The van der Waals surface area contributed by atoms with E-state index in [1.165, 1.54) is 0 Å². The summed E-state index contributed by atoms with van der Waals surface area (Å²) in [6, 6.07) is 0. The summed E-state index contributed by atoms with van der Waals surface area (Å²) in [4.78, 5) is 24.7. The van der Waals surface area contributed by atoms with Crippen molar-refractivity contribution in [2.24, 2.45) is 0 Å². The number of rotatable bonds is 2. The minimum atomic E-state index is -1.23. The van der Waals surface area contributed by atoms with Crippen LogP contribution in [0, 0.1) is 0 Å². The molecule has 1 aromatic heterocycles. The summed E-state index contributed by atoms with van der Waals surface area (Å²) in [5, 5.41) is 26.9. The van der Waals surface area contributed by atoms with E-state index in [1.807, 2.05) is 4.98 Å². The maximum Gasteiger partial charge on any atom is 0.329 e. The van der Waals surface area contributed by atoms with Crippen LogP contribution in [0.15, 0.2) is 15.8 Å². The van der Waals surface area contributed by atoms with Gasteiger partial charge in [-0.2, -0.15) is 0 Å². The molecule has 7 nitrogen and oxygen atoms in total. The molecule has 4 N–H and O–H groups in total. The summed E-state index contributed by atoms with van der Waals surface area (Å²) in [5.41, 5.74) is -1.44. The van der Waals surface area contributed by atoms with Crippen LogP contribution in [-0.2, 0) is 0 Å². The molecule has 1 aromatic rings. The minimum Gasteiger partial charge on any atom is -0.395 e. The van der Waals surface area contributed by atoms with Crippen molar-refractivity contribution in [1.82, 2.24) is 9.55 Å². The van der Waals surface area contributed by atoms with Crippen molar-refractivity contribution in [2.75, 3.05) is 6.61 Å². The number of hydrogen-bond donors (Lipinski definition) is 4. The van der Waals surface area contributed by atoms with E-state index in [-0.39, 0.29) is 11.6 Å². The van der Waals surface area contributed by atoms with Gasteiger partial charge < -0.3 is 15.3 Å². The number of nitrogens with zero attached hydrogens (tertiary/aromatic N) is 1. The number of thioether (sulfide) groups is 1. The molecule has 1 saturated heterocycles. The minimum absolute atomic E-state index is 0.190. The van der Waals surface area contributed by atoms with Gasteiger partial charge in [-0.3, -0.25) is 14.3 Å². The van der Waals surface area contributed by atoms with Gasteiger partial charge in [-0.05, 0) is 0 Å². The first-order chi connectivity index (χ1) is 8.45. The fraction of sp³-hybridized carbons (Fsp3) is 0.556. The van der Waals surface area contributed by atoms with Crippen molar-refractivity contribution >= 4 is 23.4 Å². The summed E-state index contributed by atoms with van der Waals surface area (Å²) in [6.45, 7) is -0.328. The van der Waals surface area contributed by atoms with E-state index >= 15 is 0 Å². The van der Waals surface area contributed by atoms with Crippen LogP contribution in [0.3, 0.4) is 0 Å². The maximum absolute atomic E-state index is 11.6. The fourth-order valence-corrected chi connectivity index (χ4v) is 3.29. The van der Waals surface area contributed by atoms with E-state index < -0.39 is 34.1 Å². The molecule has 1 aliphatic heterocycles. The molecule has 0 radical (unpaired) electrons. The monoisotopic (exact) mass is 294 g/mol. The van der Waals surface area contributed by atoms with Gasteiger partial charge >= 0.3 is 5.69 Å². The average molecular weight is 295 g/mol. The molecule has 0 spiro atoms. The van der Waals surface area contributed by atoms with Gasteiger partial charge in [-0.15, -0.1) is 11.8 Å². The standard InChI is InChI=1S/C9H11ClN2O5S/c10-3-1-12(9(17)11-7(3)16)8-6(15)5(14)4(2-13)18-8/h1,4-6,8,13-15H,2H2,(H,11,16,17)/t4-,5-,6-,8+/m0/s1. The second-order valence-corrected chi connectivity index (χ2v) is 5.64. The Hall–Kier alpha value is -0.800. The third-order valence-corrected chi connectivity index (χ3v) is 4.55. The van der Waals surface area contributed by atoms with Crippen LogP contribution < -0.4 is 11.2 Å². The van der Waals surface area contributed by atoms with Crippen LogP contribution >= 0.6 is 23.4 Å². The predicted octanol–water partition coefficient (Wildman–Crippen LogP) is -1.48. The highest BCUT2D eigenvalue weighted by Crippen LogP contribution is 2.40. The van der Waals surface area contributed by atoms with Crippen molar-refractivity contribution in [3.8, 4) is 0 Å². The van der Waals surface area contributed by atoms with Gasteiger partial charge in [-0.25, -0.2) is 4.79 Å². The first-order valence-electron chi connectivity index (χ1n) is 5.09. The second-order valence-electron chi connectivity index (χ2n) is 3.87. The average Bonchev–Trinajstić information content (AvgIpc) is 2.61. The molecule has 0 bridgehead atoms. The number of hydrogen-bond acceptors (Lipinski definition) is 6. The van der Waals surface area contributed by atoms with Gasteiger partial charge in [0.05, 0.1) is 18.0 Å². The van der Waals surface area contributed by atoms with Gasteiger partial charge in [-0.1, -0.05) is 11.6 Å². The zero-order chi connectivity index (χ0) is 13.4. The maximum atomic E-state index is 11.6. The van der Waals surface area contributed by atoms with E-state index in [0.717, 1.165) is 22.5 Å². The summed E-state index contributed by atoms with van der Waals surface area (Å²) < 4.78 is 1.04. The summed E-state index contributed by atoms with van der Waals surface area (Å²) in [7, 11) is 0. The van der Waals surface area contributed by atoms with Gasteiger partial charge in [0, 0.05) is 6.20 Å². The topological polar surface area (TPSA) is 116 Å². The Labute approximate surface area is 110 Å². The van der Waals surface area contributed by atoms with Crippen molar-refractivity contribution in [1.29, 1.82) is 0 Å². The zero-order valence-electron chi connectivity index (χ0n) is 8.99. The molecule has 0 unspecified atom stereocenters. The Morgan fingerprint density at radius 2 is 2.06 bits per heavy atom. The van der Waals surface area contributed by atoms with Gasteiger partial charge in [0.1, 0.15) is 16.5 Å². The van der Waals surface area contributed by atoms with E-state index in [9.17, 15) is 19.8 Å². The van der Waals surface area contributed by atoms with E-state index in [2.05, 4.69) is 0 Å². The molecule has 0 aromatic carbocycles. The van der Waals surface area contributed by atoms with Crippen LogP contribution in [0.2, 0.25) is 5.02 Å². The van der Waals surface area contributed by atoms with E-state index in [0.29, 0.717) is 0 Å². The highest BCUT2D eigenvalue weighted by Gasteiger charge is 2.43. The third kappa shape index (κ3) is 2.21. The normalized spacial score (nSPS) is 31.8. The summed E-state index contributed by atoms with van der Waals surface area (Å²) in [5.74, 6) is 0. The van der Waals surface area contributed by atoms with Crippen molar-refractivity contribution < 1.29 is 15.3 Å². The number of H-pyrrole nitrogens is 1. The number of aromatic nitrogens is 2. The molecule has 0 amide bonds. The van der Waals surface area contributed by atoms with Crippen molar-refractivity contribution in [3.05, 3.63) is 32.1 Å². The Balaban J connectivity index is 2.42. The Morgan fingerprint density at radius 3 is 2.61 bits per heavy atom. The lowest BCUT2D eigenvalue weighted by atomic mass is 10.1. The fourth-order valence-electron chi connectivity index (χ4n) is 1.76. The van der Waals surface area contributed by atoms with Crippen LogP contribution in [0.1, 0.15) is 5.37 Å². The molecular formula is C9H11ClN2O5S. The van der Waals surface area contributed by atoms with Gasteiger partial charge in [0.25, 0.3) is 5.56 Å². The Kier molecular flexibility index (Phi) is 3.83. The lowest BCUT2D eigenvalue weighted by Gasteiger charge is -2.17. The largest absolute Gasteiger partial charge is 0.395 e. The van der Waals surface area contributed by atoms with Crippen LogP contribution in [0.5, 0.6) is 0 Å². The van der Waals surface area contributed by atoms with Crippen molar-refractivity contribution in [2.45, 2.75) is 22.8 Å². The number of aromatic amines is 1. The van der Waals surface area contributed by atoms with Crippen LogP contribution in [0.25, 0.3) is 0 Å². The molecule has 9 heteroatoms. The van der Waals surface area contributed by atoms with Crippen LogP contribution in [0.4, 0.5) is 0 Å². The Bertz CT molecular complexity index is 559. The molecule has 0 saturated carbocycles. The molecular weight excluding hydrogens is 284 g/mol. The highest BCUT2D eigenvalue weighted by atomic mass is 35.5. The lowest BCUT2D eigenvalue weighted by molar-refractivity contribution is 0.0101. The van der Waals surface area contributed by atoms with Gasteiger partial charge in [0.15, 0.2) is 0 Å². The molecule has 100 valence electrons. The number of aliphatic hydroxyl groups is 3. The highest BCUT2D eigenvalue weighted by molar-refractivity contribution is 8.00. The molecule has 4 atom stereocenters. The van der Waals surface area contributed by atoms with E-state index in [1.54, 1.807) is 0 Å². The van der Waals surface area contributed by atoms with Crippen molar-refractivity contribution in [3.63, 3.8) is 0 Å². The SMILES string of the molecule is O=c1[nH]c(=O)n([C@@H]2S[C@@H](CO)[C@H](O)[C@@H]2O)cc1Cl. The smallest absolute Gasteiger partial charge is 0.329 e. The summed E-state index contributed by atoms with van der Waals surface area (Å²) in [6.07, 6.45) is -1.27. The number of halogens is 1. The first kappa shape index (κ1) is 13.6. The molecule has 1 fully saturated rings. The summed E-state index contributed by atoms with van der Waals surface area (Å²) >= 11 is 6.65. The molecule has 18 heavy (non-hydrogen) atoms. The molecule has 0 aliphatic carbocycles. The van der Waals surface area contributed by atoms with Gasteiger partial charge in [0.2, 0.25) is 0 Å². The molecule has 2 heterocycles. The second kappa shape index (κ2) is 5.06. The molecule has 1 aliphatic rings. The molecule has 2 rings (SSSR count). The third-order valence-electron chi connectivity index (χ3n) is 2.72. The quantitative estimate of drug-likeness (QED) is 0.529. The number of aliphatic hydroxyl groups excluding tert-OH is 3. The van der Waals surface area contributed by atoms with Crippen LogP contribution in [-0.4, -0.2) is 48.9 Å². The number of nitrogens with one attached hydrogen (secondary N) is 1.